The van der Waals surface area contributed by atoms with E-state index in [9.17, 15) is 0 Å². The zero-order valence-corrected chi connectivity index (χ0v) is 18.9. The van der Waals surface area contributed by atoms with Crippen LogP contribution in [0.3, 0.4) is 0 Å². The summed E-state index contributed by atoms with van der Waals surface area (Å²) < 4.78 is 0. The van der Waals surface area contributed by atoms with Crippen LogP contribution in [0.15, 0.2) is 29.3 Å². The number of benzene rings is 1. The van der Waals surface area contributed by atoms with E-state index in [-0.39, 0.29) is 0 Å². The van der Waals surface area contributed by atoms with Gasteiger partial charge in [0.2, 0.25) is 0 Å². The number of hydrogen-bond donors (Lipinski definition) is 2. The van der Waals surface area contributed by atoms with E-state index >= 15 is 0 Å². The highest BCUT2D eigenvalue weighted by Crippen LogP contribution is 2.18. The van der Waals surface area contributed by atoms with Crippen LogP contribution in [0, 0.1) is 6.92 Å². The van der Waals surface area contributed by atoms with Gasteiger partial charge in [-0.25, -0.2) is 4.98 Å². The van der Waals surface area contributed by atoms with Gasteiger partial charge >= 0.3 is 0 Å². The lowest BCUT2D eigenvalue weighted by Gasteiger charge is -2.26. The molecule has 158 valence electrons. The predicted octanol–water partition coefficient (Wildman–Crippen LogP) is 3.91. The molecule has 5 nitrogen and oxygen atoms in total. The van der Waals surface area contributed by atoms with E-state index in [0.717, 1.165) is 38.4 Å². The Kier molecular flexibility index (Phi) is 8.50. The van der Waals surface area contributed by atoms with E-state index in [1.165, 1.54) is 59.1 Å². The molecule has 0 atom stereocenters. The fourth-order valence-electron chi connectivity index (χ4n) is 3.76. The molecule has 2 heterocycles. The fourth-order valence-corrected chi connectivity index (χ4v) is 4.78. The number of nitrogens with one attached hydrogen (secondary N) is 2. The molecule has 6 heteroatoms. The Bertz CT molecular complexity index is 775. The summed E-state index contributed by atoms with van der Waals surface area (Å²) >= 11 is 1.81. The minimum Gasteiger partial charge on any atom is -0.356 e. The quantitative estimate of drug-likeness (QED) is 0.509. The van der Waals surface area contributed by atoms with Gasteiger partial charge in [-0.15, -0.1) is 11.3 Å². The SMILES string of the molecule is CCc1nc(CCNC(=NC)NCc2ccc(CN3CCCCC3)cc2)sc1C. The van der Waals surface area contributed by atoms with E-state index in [2.05, 4.69) is 58.6 Å². The van der Waals surface area contributed by atoms with Gasteiger partial charge in [-0.2, -0.15) is 0 Å². The van der Waals surface area contributed by atoms with Crippen LogP contribution in [-0.4, -0.2) is 42.5 Å². The van der Waals surface area contributed by atoms with Crippen molar-refractivity contribution in [2.45, 2.75) is 59.0 Å². The number of aromatic nitrogens is 1. The molecule has 0 saturated carbocycles. The average molecular weight is 414 g/mol. The van der Waals surface area contributed by atoms with Crippen molar-refractivity contribution in [3.05, 3.63) is 51.0 Å². The minimum absolute atomic E-state index is 0.778. The van der Waals surface area contributed by atoms with Crippen LogP contribution in [0.1, 0.15) is 52.9 Å². The van der Waals surface area contributed by atoms with Crippen molar-refractivity contribution >= 4 is 17.3 Å². The third-order valence-corrected chi connectivity index (χ3v) is 6.54. The first-order chi connectivity index (χ1) is 14.2. The van der Waals surface area contributed by atoms with Gasteiger partial charge in [-0.05, 0) is 50.4 Å². The van der Waals surface area contributed by atoms with Gasteiger partial charge in [-0.1, -0.05) is 37.6 Å². The smallest absolute Gasteiger partial charge is 0.191 e. The summed E-state index contributed by atoms with van der Waals surface area (Å²) in [4.78, 5) is 13.0. The van der Waals surface area contributed by atoms with Crippen molar-refractivity contribution in [3.63, 3.8) is 0 Å². The van der Waals surface area contributed by atoms with Crippen LogP contribution in [0.2, 0.25) is 0 Å². The number of aryl methyl sites for hydroxylation is 2. The maximum atomic E-state index is 4.71. The van der Waals surface area contributed by atoms with E-state index in [1.807, 2.05) is 18.4 Å². The van der Waals surface area contributed by atoms with E-state index in [0.29, 0.717) is 0 Å². The van der Waals surface area contributed by atoms with Crippen molar-refractivity contribution in [1.82, 2.24) is 20.5 Å². The normalized spacial score (nSPS) is 15.5. The van der Waals surface area contributed by atoms with Crippen molar-refractivity contribution in [3.8, 4) is 0 Å². The molecule has 0 amide bonds. The topological polar surface area (TPSA) is 52.6 Å². The van der Waals surface area contributed by atoms with Crippen LogP contribution >= 0.6 is 11.3 Å². The molecule has 1 aliphatic heterocycles. The van der Waals surface area contributed by atoms with Gasteiger partial charge in [0, 0.05) is 38.0 Å². The molecule has 1 fully saturated rings. The zero-order chi connectivity index (χ0) is 20.5. The third-order valence-electron chi connectivity index (χ3n) is 5.46. The second-order valence-electron chi connectivity index (χ2n) is 7.72. The average Bonchev–Trinajstić information content (AvgIpc) is 3.12. The lowest BCUT2D eigenvalue weighted by atomic mass is 10.1. The minimum atomic E-state index is 0.778. The van der Waals surface area contributed by atoms with Gasteiger partial charge < -0.3 is 10.6 Å². The van der Waals surface area contributed by atoms with Crippen molar-refractivity contribution < 1.29 is 0 Å². The number of aliphatic imine (C=N–C) groups is 1. The highest BCUT2D eigenvalue weighted by molar-refractivity contribution is 7.11. The number of likely N-dealkylation sites (tertiary alicyclic amines) is 1. The van der Waals surface area contributed by atoms with Gasteiger partial charge in [0.1, 0.15) is 0 Å². The first kappa shape index (κ1) is 21.8. The molecule has 0 unspecified atom stereocenters. The summed E-state index contributed by atoms with van der Waals surface area (Å²) in [7, 11) is 1.82. The maximum Gasteiger partial charge on any atom is 0.191 e. The molecule has 0 bridgehead atoms. The lowest BCUT2D eigenvalue weighted by molar-refractivity contribution is 0.221. The molecule has 1 aromatic heterocycles. The summed E-state index contributed by atoms with van der Waals surface area (Å²) in [5, 5.41) is 8.01. The molecule has 0 radical (unpaired) electrons. The van der Waals surface area contributed by atoms with Crippen LogP contribution in [0.4, 0.5) is 0 Å². The predicted molar refractivity (Wildman–Crippen MR) is 124 cm³/mol. The van der Waals surface area contributed by atoms with Gasteiger partial charge in [0.15, 0.2) is 5.96 Å². The van der Waals surface area contributed by atoms with Crippen molar-refractivity contribution in [1.29, 1.82) is 0 Å². The third kappa shape index (κ3) is 6.82. The molecule has 2 N–H and O–H groups in total. The van der Waals surface area contributed by atoms with E-state index in [4.69, 9.17) is 4.98 Å². The number of hydrogen-bond acceptors (Lipinski definition) is 4. The number of thiazole rings is 1. The molecule has 3 rings (SSSR count). The molecular weight excluding hydrogens is 378 g/mol. The Balaban J connectivity index is 1.40. The Hall–Kier alpha value is -1.92. The lowest BCUT2D eigenvalue weighted by Crippen LogP contribution is -2.37. The van der Waals surface area contributed by atoms with Crippen molar-refractivity contribution in [2.75, 3.05) is 26.7 Å². The van der Waals surface area contributed by atoms with Crippen LogP contribution in [-0.2, 0) is 25.9 Å². The second-order valence-corrected chi connectivity index (χ2v) is 9.01. The molecule has 29 heavy (non-hydrogen) atoms. The van der Waals surface area contributed by atoms with Crippen LogP contribution in [0.5, 0.6) is 0 Å². The van der Waals surface area contributed by atoms with E-state index in [1.54, 1.807) is 0 Å². The number of piperidine rings is 1. The van der Waals surface area contributed by atoms with Gasteiger partial charge in [0.25, 0.3) is 0 Å². The Morgan fingerprint density at radius 2 is 1.83 bits per heavy atom. The molecule has 2 aromatic rings. The zero-order valence-electron chi connectivity index (χ0n) is 18.1. The first-order valence-corrected chi connectivity index (χ1v) is 11.7. The summed E-state index contributed by atoms with van der Waals surface area (Å²) in [6.07, 6.45) is 6.01. The van der Waals surface area contributed by atoms with E-state index < -0.39 is 0 Å². The Morgan fingerprint density at radius 3 is 2.48 bits per heavy atom. The highest BCUT2D eigenvalue weighted by atomic mass is 32.1. The Morgan fingerprint density at radius 1 is 1.10 bits per heavy atom. The van der Waals surface area contributed by atoms with Gasteiger partial charge in [-0.3, -0.25) is 9.89 Å². The monoisotopic (exact) mass is 413 g/mol. The summed E-state index contributed by atoms with van der Waals surface area (Å²) in [5.74, 6) is 0.839. The highest BCUT2D eigenvalue weighted by Gasteiger charge is 2.10. The largest absolute Gasteiger partial charge is 0.356 e. The molecule has 0 aliphatic carbocycles. The molecule has 1 aromatic carbocycles. The molecular formula is C23H35N5S. The van der Waals surface area contributed by atoms with Crippen LogP contribution in [0.25, 0.3) is 0 Å². The number of guanidine groups is 1. The molecule has 1 saturated heterocycles. The molecule has 1 aliphatic rings. The summed E-state index contributed by atoms with van der Waals surface area (Å²) in [6, 6.07) is 8.98. The Labute approximate surface area is 179 Å². The van der Waals surface area contributed by atoms with Crippen molar-refractivity contribution in [2.24, 2.45) is 4.99 Å². The fraction of sp³-hybridized carbons (Fsp3) is 0.565. The number of nitrogens with zero attached hydrogens (tertiary/aromatic N) is 3. The summed E-state index contributed by atoms with van der Waals surface area (Å²) in [6.45, 7) is 9.50. The van der Waals surface area contributed by atoms with Gasteiger partial charge in [0.05, 0.1) is 10.7 Å². The molecule has 0 spiro atoms. The second kappa shape index (κ2) is 11.3. The first-order valence-electron chi connectivity index (χ1n) is 10.9. The maximum absolute atomic E-state index is 4.71. The van der Waals surface area contributed by atoms with Crippen LogP contribution < -0.4 is 10.6 Å². The standard InChI is InChI=1S/C23H35N5S/c1-4-21-18(2)29-22(27-21)12-13-25-23(24-3)26-16-19-8-10-20(11-9-19)17-28-14-6-5-7-15-28/h8-11H,4-7,12-17H2,1-3H3,(H2,24,25,26). The summed E-state index contributed by atoms with van der Waals surface area (Å²) in [5.41, 5.74) is 3.91. The number of rotatable bonds is 8.